The molecular formula is C16H21FN4O. The molecule has 3 atom stereocenters. The van der Waals surface area contributed by atoms with Crippen LogP contribution in [0.25, 0.3) is 0 Å². The lowest BCUT2D eigenvalue weighted by atomic mass is 9.78. The van der Waals surface area contributed by atoms with Gasteiger partial charge in [-0.2, -0.15) is 0 Å². The zero-order valence-corrected chi connectivity index (χ0v) is 13.0. The van der Waals surface area contributed by atoms with E-state index in [1.807, 2.05) is 20.2 Å². The Morgan fingerprint density at radius 1 is 1.41 bits per heavy atom. The fourth-order valence-corrected chi connectivity index (χ4v) is 3.27. The maximum atomic E-state index is 13.5. The number of nitrogens with zero attached hydrogens (tertiary/aromatic N) is 3. The quantitative estimate of drug-likeness (QED) is 0.890. The molecule has 3 rings (SSSR count). The lowest BCUT2D eigenvalue weighted by Gasteiger charge is -2.41. The monoisotopic (exact) mass is 304 g/mol. The Morgan fingerprint density at radius 3 is 2.82 bits per heavy atom. The Balaban J connectivity index is 1.93. The van der Waals surface area contributed by atoms with E-state index in [4.69, 9.17) is 0 Å². The molecule has 2 N–H and O–H groups in total. The van der Waals surface area contributed by atoms with Gasteiger partial charge in [-0.15, -0.1) is 5.10 Å². The summed E-state index contributed by atoms with van der Waals surface area (Å²) in [5.74, 6) is -0.250. The number of halogens is 1. The predicted octanol–water partition coefficient (Wildman–Crippen LogP) is 1.96. The summed E-state index contributed by atoms with van der Waals surface area (Å²) in [7, 11) is 1.82. The normalized spacial score (nSPS) is 28.8. The third-order valence-electron chi connectivity index (χ3n) is 4.34. The van der Waals surface area contributed by atoms with Crippen molar-refractivity contribution >= 4 is 0 Å². The smallest absolute Gasteiger partial charge is 0.126 e. The van der Waals surface area contributed by atoms with E-state index >= 15 is 0 Å². The number of piperidine rings is 1. The summed E-state index contributed by atoms with van der Waals surface area (Å²) in [4.78, 5) is 0. The van der Waals surface area contributed by atoms with Crippen LogP contribution in [0.2, 0.25) is 0 Å². The van der Waals surface area contributed by atoms with E-state index in [1.165, 1.54) is 6.07 Å². The molecule has 0 unspecified atom stereocenters. The van der Waals surface area contributed by atoms with Crippen molar-refractivity contribution in [1.29, 1.82) is 0 Å². The van der Waals surface area contributed by atoms with Crippen molar-refractivity contribution in [2.75, 3.05) is 0 Å². The molecule has 22 heavy (non-hydrogen) atoms. The highest BCUT2D eigenvalue weighted by atomic mass is 19.1. The predicted molar refractivity (Wildman–Crippen MR) is 80.6 cm³/mol. The van der Waals surface area contributed by atoms with Crippen molar-refractivity contribution < 1.29 is 9.50 Å². The van der Waals surface area contributed by atoms with Gasteiger partial charge in [0.15, 0.2) is 0 Å². The van der Waals surface area contributed by atoms with Crippen molar-refractivity contribution in [1.82, 2.24) is 20.3 Å². The lowest BCUT2D eigenvalue weighted by Crippen LogP contribution is -2.47. The second-order valence-corrected chi connectivity index (χ2v) is 6.34. The number of aromatic nitrogens is 3. The van der Waals surface area contributed by atoms with E-state index in [0.29, 0.717) is 18.4 Å². The molecule has 2 aromatic rings. The summed E-state index contributed by atoms with van der Waals surface area (Å²) in [6, 6.07) is 4.88. The van der Waals surface area contributed by atoms with Crippen molar-refractivity contribution in [3.8, 4) is 0 Å². The van der Waals surface area contributed by atoms with Gasteiger partial charge in [-0.3, -0.25) is 4.68 Å². The molecule has 0 saturated carbocycles. The van der Waals surface area contributed by atoms with Crippen LogP contribution in [0.3, 0.4) is 0 Å². The van der Waals surface area contributed by atoms with Crippen molar-refractivity contribution in [3.63, 3.8) is 0 Å². The summed E-state index contributed by atoms with van der Waals surface area (Å²) in [6.45, 7) is 3.75. The second kappa shape index (κ2) is 5.44. The summed E-state index contributed by atoms with van der Waals surface area (Å²) in [5, 5.41) is 22.7. The molecule has 118 valence electrons. The highest BCUT2D eigenvalue weighted by Gasteiger charge is 2.40. The summed E-state index contributed by atoms with van der Waals surface area (Å²) >= 11 is 0. The SMILES string of the molecule is Cc1cc([C@@]2(O)C[C@@H](c3cn(C)nn3)N[C@@H](C)C2)ccc1F. The molecular weight excluding hydrogens is 283 g/mol. The largest absolute Gasteiger partial charge is 0.385 e. The van der Waals surface area contributed by atoms with Crippen molar-refractivity contribution in [2.24, 2.45) is 7.05 Å². The maximum Gasteiger partial charge on any atom is 0.126 e. The average molecular weight is 304 g/mol. The Kier molecular flexibility index (Phi) is 3.74. The standard InChI is InChI=1S/C16H21FN4O/c1-10-6-12(4-5-13(10)17)16(22)7-11(2)18-14(8-16)15-9-21(3)20-19-15/h4-6,9,11,14,18,22H,7-8H2,1-3H3/t11-,14-,16-/m0/s1. The van der Waals surface area contributed by atoms with Crippen LogP contribution in [0.15, 0.2) is 24.4 Å². The zero-order valence-electron chi connectivity index (χ0n) is 13.0. The topological polar surface area (TPSA) is 63.0 Å². The van der Waals surface area contributed by atoms with Crippen LogP contribution in [0.4, 0.5) is 4.39 Å². The Morgan fingerprint density at radius 2 is 2.18 bits per heavy atom. The Bertz CT molecular complexity index is 687. The molecule has 6 heteroatoms. The minimum Gasteiger partial charge on any atom is -0.385 e. The first-order valence-corrected chi connectivity index (χ1v) is 7.49. The fraction of sp³-hybridized carbons (Fsp3) is 0.500. The van der Waals surface area contributed by atoms with Crippen LogP contribution in [0, 0.1) is 12.7 Å². The molecule has 1 aliphatic rings. The van der Waals surface area contributed by atoms with Crippen LogP contribution in [0.1, 0.15) is 42.6 Å². The van der Waals surface area contributed by atoms with Gasteiger partial charge in [0.25, 0.3) is 0 Å². The number of nitrogens with one attached hydrogen (secondary N) is 1. The molecule has 1 saturated heterocycles. The first-order valence-electron chi connectivity index (χ1n) is 7.49. The van der Waals surface area contributed by atoms with E-state index in [1.54, 1.807) is 23.7 Å². The minimum atomic E-state index is -0.995. The van der Waals surface area contributed by atoms with E-state index in [-0.39, 0.29) is 17.9 Å². The van der Waals surface area contributed by atoms with Crippen LogP contribution in [-0.2, 0) is 12.6 Å². The van der Waals surface area contributed by atoms with E-state index < -0.39 is 5.60 Å². The molecule has 1 aromatic carbocycles. The molecule has 1 fully saturated rings. The van der Waals surface area contributed by atoms with Gasteiger partial charge in [0.05, 0.1) is 17.3 Å². The van der Waals surface area contributed by atoms with Gasteiger partial charge < -0.3 is 10.4 Å². The molecule has 0 aliphatic carbocycles. The number of aliphatic hydroxyl groups is 1. The molecule has 1 aliphatic heterocycles. The third-order valence-corrected chi connectivity index (χ3v) is 4.34. The van der Waals surface area contributed by atoms with Gasteiger partial charge in [-0.05, 0) is 37.5 Å². The summed E-state index contributed by atoms with van der Waals surface area (Å²) < 4.78 is 15.1. The number of benzene rings is 1. The number of rotatable bonds is 2. The number of aryl methyl sites for hydroxylation is 2. The molecule has 0 bridgehead atoms. The van der Waals surface area contributed by atoms with E-state index in [0.717, 1.165) is 11.3 Å². The minimum absolute atomic E-state index is 0.0761. The average Bonchev–Trinajstić information content (AvgIpc) is 2.87. The molecule has 2 heterocycles. The summed E-state index contributed by atoms with van der Waals surface area (Å²) in [6.07, 6.45) is 2.92. The fourth-order valence-electron chi connectivity index (χ4n) is 3.27. The van der Waals surface area contributed by atoms with Crippen LogP contribution in [0.5, 0.6) is 0 Å². The second-order valence-electron chi connectivity index (χ2n) is 6.34. The highest BCUT2D eigenvalue weighted by molar-refractivity contribution is 5.30. The van der Waals surface area contributed by atoms with Crippen LogP contribution < -0.4 is 5.32 Å². The van der Waals surface area contributed by atoms with Gasteiger partial charge in [0.1, 0.15) is 5.82 Å². The highest BCUT2D eigenvalue weighted by Crippen LogP contribution is 2.39. The van der Waals surface area contributed by atoms with Gasteiger partial charge >= 0.3 is 0 Å². The maximum absolute atomic E-state index is 13.5. The van der Waals surface area contributed by atoms with Crippen LogP contribution >= 0.6 is 0 Å². The molecule has 0 amide bonds. The zero-order chi connectivity index (χ0) is 15.9. The van der Waals surface area contributed by atoms with Gasteiger partial charge in [-0.1, -0.05) is 17.3 Å². The lowest BCUT2D eigenvalue weighted by molar-refractivity contribution is -0.0236. The molecule has 0 spiro atoms. The Labute approximate surface area is 129 Å². The van der Waals surface area contributed by atoms with Crippen molar-refractivity contribution in [2.45, 2.75) is 44.4 Å². The van der Waals surface area contributed by atoms with Gasteiger partial charge in [-0.25, -0.2) is 4.39 Å². The van der Waals surface area contributed by atoms with E-state index in [2.05, 4.69) is 15.6 Å². The molecule has 1 aromatic heterocycles. The Hall–Kier alpha value is -1.79. The number of hydrogen-bond donors (Lipinski definition) is 2. The third kappa shape index (κ3) is 2.76. The van der Waals surface area contributed by atoms with E-state index in [9.17, 15) is 9.50 Å². The summed E-state index contributed by atoms with van der Waals surface area (Å²) in [5.41, 5.74) is 1.12. The first kappa shape index (κ1) is 15.1. The van der Waals surface area contributed by atoms with Crippen molar-refractivity contribution in [3.05, 3.63) is 47.0 Å². The van der Waals surface area contributed by atoms with Gasteiger partial charge in [0.2, 0.25) is 0 Å². The molecule has 0 radical (unpaired) electrons. The van der Waals surface area contributed by atoms with Gasteiger partial charge in [0, 0.05) is 25.7 Å². The number of hydrogen-bond acceptors (Lipinski definition) is 4. The first-order chi connectivity index (χ1) is 10.4. The van der Waals surface area contributed by atoms with Crippen LogP contribution in [-0.4, -0.2) is 26.1 Å². The molecule has 5 nitrogen and oxygen atoms in total.